The molecule has 12 heteroatoms. The summed E-state index contributed by atoms with van der Waals surface area (Å²) in [7, 11) is 0. The molecule has 1 saturated heterocycles. The maximum Gasteiger partial charge on any atom is 0.313 e. The predicted octanol–water partition coefficient (Wildman–Crippen LogP) is 2.82. The normalized spacial score (nSPS) is 13.1. The number of piperidine rings is 1. The number of unbranched alkanes of at least 4 members (excludes halogenated alkanes) is 1. The van der Waals surface area contributed by atoms with Gasteiger partial charge in [0.25, 0.3) is 0 Å². The quantitative estimate of drug-likeness (QED) is 0.138. The van der Waals surface area contributed by atoms with Gasteiger partial charge in [-0.15, -0.1) is 12.4 Å². The average molecular weight is 509 g/mol. The topological polar surface area (TPSA) is 147 Å². The first-order valence-corrected chi connectivity index (χ1v) is 11.1. The fourth-order valence-electron chi connectivity index (χ4n) is 3.37. The Bertz CT molecular complexity index is 1010. The van der Waals surface area contributed by atoms with Crippen LogP contribution in [0.3, 0.4) is 0 Å². The first-order chi connectivity index (χ1) is 16.5. The van der Waals surface area contributed by atoms with Gasteiger partial charge in [0, 0.05) is 61.6 Å². The third kappa shape index (κ3) is 8.45. The lowest BCUT2D eigenvalue weighted by molar-refractivity contribution is -0.143. The van der Waals surface area contributed by atoms with Gasteiger partial charge >= 0.3 is 5.97 Å². The van der Waals surface area contributed by atoms with Gasteiger partial charge in [0.2, 0.25) is 5.95 Å². The number of amidine groups is 1. The average Bonchev–Trinajstić information content (AvgIpc) is 2.83. The fraction of sp³-hybridized carbons (Fsp3) is 0.435. The monoisotopic (exact) mass is 508 g/mol. The number of aliphatic hydroxyl groups excluding tert-OH is 1. The van der Waals surface area contributed by atoms with Crippen molar-refractivity contribution in [3.63, 3.8) is 0 Å². The third-order valence-electron chi connectivity index (χ3n) is 5.21. The number of rotatable bonds is 11. The molecule has 0 saturated carbocycles. The van der Waals surface area contributed by atoms with Crippen molar-refractivity contribution >= 4 is 35.9 Å². The van der Waals surface area contributed by atoms with Crippen molar-refractivity contribution in [2.75, 3.05) is 31.2 Å². The van der Waals surface area contributed by atoms with Crippen LogP contribution in [0.1, 0.15) is 37.7 Å². The third-order valence-corrected chi connectivity index (χ3v) is 5.21. The van der Waals surface area contributed by atoms with Gasteiger partial charge in [0.05, 0.1) is 5.71 Å². The first kappa shape index (κ1) is 27.9. The van der Waals surface area contributed by atoms with Crippen molar-refractivity contribution in [3.05, 3.63) is 42.0 Å². The zero-order valence-electron chi connectivity index (χ0n) is 19.3. The molecule has 4 N–H and O–H groups in total. The number of benzene rings is 1. The lowest BCUT2D eigenvalue weighted by Gasteiger charge is -2.27. The molecule has 0 bridgehead atoms. The number of oxime groups is 1. The molecule has 1 aliphatic heterocycles. The number of nitrogens with zero attached hydrogens (tertiary/aromatic N) is 4. The van der Waals surface area contributed by atoms with Gasteiger partial charge < -0.3 is 25.3 Å². The standard InChI is InChI=1S/C23H29FN6O4.ClH/c24-22-16(15-33-21(32)12-20(25)26)4-3-5-19(22)17-13-27-23(28-14-17)30-8-6-18(7-9-30)29-34-11-2-1-10-31;/h3-5,13-14,31H,1-2,6-12,15H2,(H3,25,26);1H. The highest BCUT2D eigenvalue weighted by atomic mass is 35.5. The molecule has 0 aliphatic carbocycles. The molecule has 0 radical (unpaired) electrons. The van der Waals surface area contributed by atoms with Gasteiger partial charge in [-0.2, -0.15) is 0 Å². The Morgan fingerprint density at radius 3 is 2.60 bits per heavy atom. The number of nitrogens with two attached hydrogens (primary N) is 1. The van der Waals surface area contributed by atoms with E-state index in [4.69, 9.17) is 25.8 Å². The molecule has 1 fully saturated rings. The molecule has 0 atom stereocenters. The van der Waals surface area contributed by atoms with Gasteiger partial charge in [0.1, 0.15) is 31.3 Å². The number of ether oxygens (including phenoxy) is 1. The Morgan fingerprint density at radius 1 is 1.23 bits per heavy atom. The molecule has 10 nitrogen and oxygen atoms in total. The second-order valence-electron chi connectivity index (χ2n) is 7.82. The van der Waals surface area contributed by atoms with Crippen LogP contribution in [0, 0.1) is 11.2 Å². The fourth-order valence-corrected chi connectivity index (χ4v) is 3.37. The van der Waals surface area contributed by atoms with Crippen molar-refractivity contribution in [1.29, 1.82) is 5.41 Å². The smallest absolute Gasteiger partial charge is 0.313 e. The van der Waals surface area contributed by atoms with E-state index in [1.54, 1.807) is 24.5 Å². The second-order valence-corrected chi connectivity index (χ2v) is 7.82. The highest BCUT2D eigenvalue weighted by Crippen LogP contribution is 2.26. The number of hydrogen-bond donors (Lipinski definition) is 3. The maximum atomic E-state index is 15.0. The summed E-state index contributed by atoms with van der Waals surface area (Å²) in [5, 5.41) is 20.1. The van der Waals surface area contributed by atoms with E-state index in [0.29, 0.717) is 43.2 Å². The molecule has 35 heavy (non-hydrogen) atoms. The number of aliphatic hydroxyl groups is 1. The minimum atomic E-state index is -0.687. The van der Waals surface area contributed by atoms with Crippen molar-refractivity contribution < 1.29 is 23.9 Å². The molecule has 2 heterocycles. The van der Waals surface area contributed by atoms with Crippen LogP contribution < -0.4 is 10.6 Å². The first-order valence-electron chi connectivity index (χ1n) is 11.1. The Balaban J connectivity index is 0.00000432. The van der Waals surface area contributed by atoms with Crippen LogP contribution in [0.4, 0.5) is 10.3 Å². The number of carbonyl (C=O) groups excluding carboxylic acids is 1. The number of esters is 1. The summed E-state index contributed by atoms with van der Waals surface area (Å²) in [5.41, 5.74) is 7.18. The number of aromatic nitrogens is 2. The molecule has 2 aromatic rings. The number of carbonyl (C=O) groups is 1. The summed E-state index contributed by atoms with van der Waals surface area (Å²) in [6, 6.07) is 4.80. The SMILES string of the molecule is Cl.N=C(N)CC(=O)OCc1cccc(-c2cnc(N3CCC(=NOCCCCO)CC3)nc2)c1F. The molecule has 1 aliphatic rings. The van der Waals surface area contributed by atoms with E-state index in [1.165, 1.54) is 6.07 Å². The second kappa shape index (κ2) is 14.2. The number of halogens is 2. The number of nitrogens with one attached hydrogen (secondary N) is 1. The summed E-state index contributed by atoms with van der Waals surface area (Å²) in [6.07, 6.45) is 5.76. The lowest BCUT2D eigenvalue weighted by Crippen LogP contribution is -2.35. The molecular weight excluding hydrogens is 479 g/mol. The zero-order chi connectivity index (χ0) is 24.3. The highest BCUT2D eigenvalue weighted by Gasteiger charge is 2.19. The van der Waals surface area contributed by atoms with Crippen molar-refractivity contribution in [3.8, 4) is 11.1 Å². The van der Waals surface area contributed by atoms with E-state index < -0.39 is 11.8 Å². The van der Waals surface area contributed by atoms with Crippen LogP contribution in [-0.4, -0.2) is 58.9 Å². The van der Waals surface area contributed by atoms with Crippen molar-refractivity contribution in [2.24, 2.45) is 10.9 Å². The van der Waals surface area contributed by atoms with Crippen LogP contribution in [0.5, 0.6) is 0 Å². The molecule has 3 rings (SSSR count). The Labute approximate surface area is 209 Å². The molecular formula is C23H30ClFN6O4. The molecule has 190 valence electrons. The molecule has 1 aromatic heterocycles. The van der Waals surface area contributed by atoms with E-state index in [-0.39, 0.29) is 43.4 Å². The van der Waals surface area contributed by atoms with E-state index in [0.717, 1.165) is 25.0 Å². The van der Waals surface area contributed by atoms with E-state index in [1.807, 2.05) is 4.90 Å². The minimum Gasteiger partial charge on any atom is -0.460 e. The van der Waals surface area contributed by atoms with Crippen LogP contribution in [0.2, 0.25) is 0 Å². The molecule has 1 aromatic carbocycles. The summed E-state index contributed by atoms with van der Waals surface area (Å²) in [5.74, 6) is -0.960. The van der Waals surface area contributed by atoms with Crippen molar-refractivity contribution in [2.45, 2.75) is 38.7 Å². The van der Waals surface area contributed by atoms with Gasteiger partial charge in [0.15, 0.2) is 0 Å². The highest BCUT2D eigenvalue weighted by molar-refractivity contribution is 5.94. The Hall–Kier alpha value is -3.31. The van der Waals surface area contributed by atoms with Crippen molar-refractivity contribution in [1.82, 2.24) is 9.97 Å². The summed E-state index contributed by atoms with van der Waals surface area (Å²) in [6.45, 7) is 1.80. The van der Waals surface area contributed by atoms with Gasteiger partial charge in [-0.05, 0) is 12.8 Å². The van der Waals surface area contributed by atoms with Crippen LogP contribution in [0.15, 0.2) is 35.7 Å². The number of anilines is 1. The van der Waals surface area contributed by atoms with Gasteiger partial charge in [-0.25, -0.2) is 14.4 Å². The van der Waals surface area contributed by atoms with E-state index >= 15 is 0 Å². The van der Waals surface area contributed by atoms with E-state index in [2.05, 4.69) is 15.1 Å². The minimum absolute atomic E-state index is 0. The Morgan fingerprint density at radius 2 is 1.94 bits per heavy atom. The summed E-state index contributed by atoms with van der Waals surface area (Å²) >= 11 is 0. The zero-order valence-corrected chi connectivity index (χ0v) is 20.1. The van der Waals surface area contributed by atoms with Crippen LogP contribution >= 0.6 is 12.4 Å². The van der Waals surface area contributed by atoms with Crippen LogP contribution in [0.25, 0.3) is 11.1 Å². The maximum absolute atomic E-state index is 15.0. The predicted molar refractivity (Wildman–Crippen MR) is 132 cm³/mol. The van der Waals surface area contributed by atoms with E-state index in [9.17, 15) is 9.18 Å². The van der Waals surface area contributed by atoms with Crippen LogP contribution in [-0.2, 0) is 21.0 Å². The largest absolute Gasteiger partial charge is 0.460 e. The molecule has 0 unspecified atom stereocenters. The van der Waals surface area contributed by atoms with Gasteiger partial charge in [-0.1, -0.05) is 23.4 Å². The number of hydrogen-bond acceptors (Lipinski definition) is 9. The lowest BCUT2D eigenvalue weighted by atomic mass is 10.0. The summed E-state index contributed by atoms with van der Waals surface area (Å²) in [4.78, 5) is 27.7. The summed E-state index contributed by atoms with van der Waals surface area (Å²) < 4.78 is 20.0. The molecule has 0 spiro atoms. The Kier molecular flexibility index (Phi) is 11.3. The van der Waals surface area contributed by atoms with Gasteiger partial charge in [-0.3, -0.25) is 10.2 Å². The molecule has 0 amide bonds.